The van der Waals surface area contributed by atoms with E-state index in [0.29, 0.717) is 32.6 Å². The smallest absolute Gasteiger partial charge is 0.274 e. The second-order valence-corrected chi connectivity index (χ2v) is 6.82. The van der Waals surface area contributed by atoms with E-state index >= 15 is 0 Å². The molecule has 1 aliphatic rings. The Kier molecular flexibility index (Phi) is 6.01. The van der Waals surface area contributed by atoms with Crippen LogP contribution in [0.2, 0.25) is 0 Å². The lowest BCUT2D eigenvalue weighted by Crippen LogP contribution is -2.38. The Bertz CT molecular complexity index is 840. The van der Waals surface area contributed by atoms with E-state index in [1.807, 2.05) is 11.8 Å². The Balaban J connectivity index is 1.53. The van der Waals surface area contributed by atoms with Crippen molar-refractivity contribution < 1.29 is 9.59 Å². The van der Waals surface area contributed by atoms with Crippen LogP contribution in [0.25, 0.3) is 0 Å². The van der Waals surface area contributed by atoms with Crippen LogP contribution in [0.4, 0.5) is 0 Å². The monoisotopic (exact) mass is 368 g/mol. The highest BCUT2D eigenvalue weighted by atomic mass is 16.2. The molecule has 1 aromatic carbocycles. The van der Waals surface area contributed by atoms with Crippen molar-refractivity contribution in [3.63, 3.8) is 0 Å². The molecule has 7 heteroatoms. The number of rotatable bonds is 4. The molecule has 2 aromatic rings. The molecule has 0 spiro atoms. The average Bonchev–Trinajstić information content (AvgIpc) is 2.94. The highest BCUT2D eigenvalue weighted by molar-refractivity contribution is 5.92. The predicted octanol–water partition coefficient (Wildman–Crippen LogP) is 1.39. The van der Waals surface area contributed by atoms with E-state index in [0.717, 1.165) is 18.4 Å². The number of H-pyrrole nitrogens is 1. The van der Waals surface area contributed by atoms with Crippen LogP contribution < -0.4 is 5.56 Å². The van der Waals surface area contributed by atoms with Crippen molar-refractivity contribution in [1.29, 1.82) is 0 Å². The van der Waals surface area contributed by atoms with E-state index < -0.39 is 0 Å². The van der Waals surface area contributed by atoms with Gasteiger partial charge in [-0.3, -0.25) is 14.4 Å². The van der Waals surface area contributed by atoms with Gasteiger partial charge in [-0.05, 0) is 31.4 Å². The summed E-state index contributed by atoms with van der Waals surface area (Å²) in [5.41, 5.74) is 2.24. The molecule has 7 nitrogen and oxygen atoms in total. The minimum Gasteiger partial charge on any atom is -0.341 e. The van der Waals surface area contributed by atoms with Gasteiger partial charge in [0.2, 0.25) is 5.91 Å². The van der Waals surface area contributed by atoms with E-state index in [2.05, 4.69) is 34.5 Å². The SMILES string of the molecule is Cc1ccc(CCC(=O)N2CCCN(C(=O)c3ccc(=O)[nH]n3)CC2)cc1. The van der Waals surface area contributed by atoms with Gasteiger partial charge in [0.25, 0.3) is 11.5 Å². The standard InChI is InChI=1S/C20H24N4O3/c1-15-3-5-16(6-4-15)7-10-19(26)23-11-2-12-24(14-13-23)20(27)17-8-9-18(25)22-21-17/h3-6,8-9H,2,7,10-14H2,1H3,(H,22,25). The lowest BCUT2D eigenvalue weighted by atomic mass is 10.1. The van der Waals surface area contributed by atoms with Gasteiger partial charge in [0.1, 0.15) is 5.69 Å². The molecule has 1 aliphatic heterocycles. The Labute approximate surface area is 158 Å². The summed E-state index contributed by atoms with van der Waals surface area (Å²) in [4.78, 5) is 39.7. The molecular formula is C20H24N4O3. The zero-order valence-corrected chi connectivity index (χ0v) is 15.5. The van der Waals surface area contributed by atoms with E-state index in [9.17, 15) is 14.4 Å². The fraction of sp³-hybridized carbons (Fsp3) is 0.400. The number of amides is 2. The van der Waals surface area contributed by atoms with Gasteiger partial charge in [0.05, 0.1) is 0 Å². The Morgan fingerprint density at radius 2 is 1.70 bits per heavy atom. The molecule has 3 rings (SSSR count). The van der Waals surface area contributed by atoms with Crippen LogP contribution in [0, 0.1) is 6.92 Å². The Morgan fingerprint density at radius 1 is 1.00 bits per heavy atom. The second kappa shape index (κ2) is 8.62. The van der Waals surface area contributed by atoms with E-state index in [1.54, 1.807) is 4.90 Å². The third-order valence-electron chi connectivity index (χ3n) is 4.78. The maximum atomic E-state index is 12.5. The summed E-state index contributed by atoms with van der Waals surface area (Å²) >= 11 is 0. The van der Waals surface area contributed by atoms with Crippen LogP contribution in [0.15, 0.2) is 41.2 Å². The normalized spacial score (nSPS) is 14.7. The average molecular weight is 368 g/mol. The number of hydrogen-bond donors (Lipinski definition) is 1. The van der Waals surface area contributed by atoms with Crippen molar-refractivity contribution in [2.75, 3.05) is 26.2 Å². The van der Waals surface area contributed by atoms with Crippen molar-refractivity contribution >= 4 is 11.8 Å². The molecule has 142 valence electrons. The number of carbonyl (C=O) groups excluding carboxylic acids is 2. The third kappa shape index (κ3) is 5.03. The first kappa shape index (κ1) is 18.8. The zero-order valence-electron chi connectivity index (χ0n) is 15.5. The Morgan fingerprint density at radius 3 is 2.41 bits per heavy atom. The molecule has 0 atom stereocenters. The molecular weight excluding hydrogens is 344 g/mol. The Hall–Kier alpha value is -2.96. The number of carbonyl (C=O) groups is 2. The molecule has 0 bridgehead atoms. The number of nitrogens with one attached hydrogen (secondary N) is 1. The lowest BCUT2D eigenvalue weighted by molar-refractivity contribution is -0.131. The van der Waals surface area contributed by atoms with Crippen molar-refractivity contribution in [1.82, 2.24) is 20.0 Å². The highest BCUT2D eigenvalue weighted by Crippen LogP contribution is 2.11. The van der Waals surface area contributed by atoms with Crippen LogP contribution in [0.1, 0.15) is 34.5 Å². The number of aromatic amines is 1. The van der Waals surface area contributed by atoms with Gasteiger partial charge < -0.3 is 9.80 Å². The topological polar surface area (TPSA) is 86.4 Å². The fourth-order valence-electron chi connectivity index (χ4n) is 3.16. The molecule has 2 amide bonds. The molecule has 2 heterocycles. The van der Waals surface area contributed by atoms with Crippen LogP contribution in [-0.4, -0.2) is 58.0 Å². The van der Waals surface area contributed by atoms with Gasteiger partial charge >= 0.3 is 0 Å². The third-order valence-corrected chi connectivity index (χ3v) is 4.78. The quantitative estimate of drug-likeness (QED) is 0.883. The largest absolute Gasteiger partial charge is 0.341 e. The summed E-state index contributed by atoms with van der Waals surface area (Å²) in [5.74, 6) is -0.104. The minimum absolute atomic E-state index is 0.118. The second-order valence-electron chi connectivity index (χ2n) is 6.82. The van der Waals surface area contributed by atoms with Gasteiger partial charge in [-0.25, -0.2) is 5.10 Å². The first-order valence-electron chi connectivity index (χ1n) is 9.21. The van der Waals surface area contributed by atoms with Crippen molar-refractivity contribution in [3.8, 4) is 0 Å². The van der Waals surface area contributed by atoms with Crippen LogP contribution in [0.5, 0.6) is 0 Å². The minimum atomic E-state index is -0.340. The number of aryl methyl sites for hydroxylation is 2. The number of benzene rings is 1. The maximum absolute atomic E-state index is 12.5. The van der Waals surface area contributed by atoms with E-state index in [-0.39, 0.29) is 23.1 Å². The van der Waals surface area contributed by atoms with Gasteiger partial charge in [-0.15, -0.1) is 0 Å². The van der Waals surface area contributed by atoms with Gasteiger partial charge in [-0.2, -0.15) is 5.10 Å². The summed E-state index contributed by atoms with van der Waals surface area (Å²) in [5, 5.41) is 6.08. The lowest BCUT2D eigenvalue weighted by Gasteiger charge is -2.22. The molecule has 0 unspecified atom stereocenters. The number of hydrogen-bond acceptors (Lipinski definition) is 4. The number of nitrogens with zero attached hydrogens (tertiary/aromatic N) is 3. The van der Waals surface area contributed by atoms with Gasteiger partial charge in [-0.1, -0.05) is 29.8 Å². The molecule has 27 heavy (non-hydrogen) atoms. The van der Waals surface area contributed by atoms with Crippen LogP contribution >= 0.6 is 0 Å². The van der Waals surface area contributed by atoms with Crippen molar-refractivity contribution in [3.05, 3.63) is 63.6 Å². The molecule has 1 fully saturated rings. The van der Waals surface area contributed by atoms with Gasteiger partial charge in [0, 0.05) is 38.7 Å². The highest BCUT2D eigenvalue weighted by Gasteiger charge is 2.23. The summed E-state index contributed by atoms with van der Waals surface area (Å²) in [6.45, 7) is 4.25. The van der Waals surface area contributed by atoms with Crippen molar-refractivity contribution in [2.24, 2.45) is 0 Å². The maximum Gasteiger partial charge on any atom is 0.274 e. The summed E-state index contributed by atoms with van der Waals surface area (Å²) in [6, 6.07) is 10.9. The molecule has 1 N–H and O–H groups in total. The fourth-order valence-corrected chi connectivity index (χ4v) is 3.16. The zero-order chi connectivity index (χ0) is 19.2. The summed E-state index contributed by atoms with van der Waals surface area (Å²) in [6.07, 6.45) is 1.92. The summed E-state index contributed by atoms with van der Waals surface area (Å²) < 4.78 is 0. The van der Waals surface area contributed by atoms with Crippen molar-refractivity contribution in [2.45, 2.75) is 26.2 Å². The molecule has 0 radical (unpaired) electrons. The predicted molar refractivity (Wildman–Crippen MR) is 101 cm³/mol. The summed E-state index contributed by atoms with van der Waals surface area (Å²) in [7, 11) is 0. The van der Waals surface area contributed by atoms with E-state index in [4.69, 9.17) is 0 Å². The molecule has 1 aromatic heterocycles. The molecule has 1 saturated heterocycles. The first-order valence-corrected chi connectivity index (χ1v) is 9.21. The van der Waals surface area contributed by atoms with Crippen LogP contribution in [0.3, 0.4) is 0 Å². The van der Waals surface area contributed by atoms with Crippen LogP contribution in [-0.2, 0) is 11.2 Å². The van der Waals surface area contributed by atoms with E-state index in [1.165, 1.54) is 17.7 Å². The number of aromatic nitrogens is 2. The van der Waals surface area contributed by atoms with Gasteiger partial charge in [0.15, 0.2) is 0 Å². The molecule has 0 aliphatic carbocycles. The molecule has 0 saturated carbocycles. The first-order chi connectivity index (χ1) is 13.0.